The predicted molar refractivity (Wildman–Crippen MR) is 73.2 cm³/mol. The fraction of sp³-hybridized carbons (Fsp3) is 1.00. The highest BCUT2D eigenvalue weighted by molar-refractivity contribution is 9.09. The van der Waals surface area contributed by atoms with Crippen molar-refractivity contribution in [2.24, 2.45) is 11.8 Å². The molecular formula is C13H26BrNO. The van der Waals surface area contributed by atoms with Crippen LogP contribution >= 0.6 is 15.9 Å². The van der Waals surface area contributed by atoms with E-state index in [-0.39, 0.29) is 0 Å². The number of hydrogen-bond donors (Lipinski definition) is 0. The van der Waals surface area contributed by atoms with Gasteiger partial charge in [0.2, 0.25) is 0 Å². The lowest BCUT2D eigenvalue weighted by Gasteiger charge is -2.32. The van der Waals surface area contributed by atoms with Crippen LogP contribution in [0.15, 0.2) is 0 Å². The van der Waals surface area contributed by atoms with Gasteiger partial charge in [-0.05, 0) is 57.2 Å². The average Bonchev–Trinajstić information content (AvgIpc) is 2.29. The smallest absolute Gasteiger partial charge is 0.0491 e. The number of hydrogen-bond acceptors (Lipinski definition) is 2. The summed E-state index contributed by atoms with van der Waals surface area (Å²) in [6.45, 7) is 7.14. The molecule has 96 valence electrons. The molecule has 2 nitrogen and oxygen atoms in total. The van der Waals surface area contributed by atoms with E-state index < -0.39 is 0 Å². The van der Waals surface area contributed by atoms with Gasteiger partial charge in [-0.3, -0.25) is 0 Å². The van der Waals surface area contributed by atoms with E-state index in [1.165, 1.54) is 45.3 Å². The van der Waals surface area contributed by atoms with Crippen LogP contribution in [0, 0.1) is 11.8 Å². The summed E-state index contributed by atoms with van der Waals surface area (Å²) in [5.41, 5.74) is 0. The fourth-order valence-electron chi connectivity index (χ4n) is 2.35. The third-order valence-electron chi connectivity index (χ3n) is 3.65. The van der Waals surface area contributed by atoms with Crippen LogP contribution in [0.25, 0.3) is 0 Å². The van der Waals surface area contributed by atoms with Gasteiger partial charge in [0.25, 0.3) is 0 Å². The van der Waals surface area contributed by atoms with Crippen LogP contribution in [0.5, 0.6) is 0 Å². The molecule has 1 aliphatic heterocycles. The van der Waals surface area contributed by atoms with Gasteiger partial charge in [0.05, 0.1) is 0 Å². The maximum atomic E-state index is 5.22. The molecule has 0 spiro atoms. The van der Waals surface area contributed by atoms with Crippen molar-refractivity contribution in [1.29, 1.82) is 0 Å². The zero-order chi connectivity index (χ0) is 11.8. The molecule has 1 saturated heterocycles. The second kappa shape index (κ2) is 8.48. The Kier molecular flexibility index (Phi) is 7.67. The highest BCUT2D eigenvalue weighted by Gasteiger charge is 2.18. The molecule has 0 aromatic rings. The molecular weight excluding hydrogens is 266 g/mol. The maximum Gasteiger partial charge on any atom is 0.0491 e. The Morgan fingerprint density at radius 1 is 1.31 bits per heavy atom. The number of ether oxygens (including phenoxy) is 1. The molecule has 3 heteroatoms. The molecule has 1 unspecified atom stereocenters. The largest absolute Gasteiger partial charge is 0.384 e. The van der Waals surface area contributed by atoms with Crippen LogP contribution in [-0.2, 0) is 4.74 Å². The molecule has 0 amide bonds. The minimum absolute atomic E-state index is 0.807. The third kappa shape index (κ3) is 5.65. The van der Waals surface area contributed by atoms with Gasteiger partial charge in [-0.2, -0.15) is 0 Å². The molecule has 0 radical (unpaired) electrons. The van der Waals surface area contributed by atoms with Crippen LogP contribution in [0.3, 0.4) is 0 Å². The van der Waals surface area contributed by atoms with E-state index in [0.717, 1.165) is 23.8 Å². The lowest BCUT2D eigenvalue weighted by atomic mass is 9.97. The van der Waals surface area contributed by atoms with Gasteiger partial charge in [0, 0.05) is 19.0 Å². The first-order valence-corrected chi connectivity index (χ1v) is 7.65. The Balaban J connectivity index is 2.07. The third-order valence-corrected chi connectivity index (χ3v) is 4.11. The quantitative estimate of drug-likeness (QED) is 0.668. The molecule has 0 saturated carbocycles. The number of alkyl halides is 1. The van der Waals surface area contributed by atoms with E-state index in [1.54, 1.807) is 0 Å². The first kappa shape index (κ1) is 14.5. The molecule has 1 atom stereocenters. The Bertz CT molecular complexity index is 169. The summed E-state index contributed by atoms with van der Waals surface area (Å²) in [7, 11) is 1.81. The Morgan fingerprint density at radius 2 is 2.00 bits per heavy atom. The van der Waals surface area contributed by atoms with Crippen molar-refractivity contribution in [2.75, 3.05) is 38.7 Å². The van der Waals surface area contributed by atoms with Crippen molar-refractivity contribution >= 4 is 15.9 Å². The normalized spacial score (nSPS) is 21.2. The van der Waals surface area contributed by atoms with Crippen molar-refractivity contribution in [1.82, 2.24) is 4.90 Å². The number of nitrogens with zero attached hydrogens (tertiary/aromatic N) is 1. The fourth-order valence-corrected chi connectivity index (χ4v) is 3.13. The van der Waals surface area contributed by atoms with Gasteiger partial charge in [-0.15, -0.1) is 0 Å². The minimum Gasteiger partial charge on any atom is -0.384 e. The van der Waals surface area contributed by atoms with Crippen LogP contribution < -0.4 is 0 Å². The van der Waals surface area contributed by atoms with Crippen molar-refractivity contribution in [3.63, 3.8) is 0 Å². The van der Waals surface area contributed by atoms with E-state index >= 15 is 0 Å². The van der Waals surface area contributed by atoms with Crippen molar-refractivity contribution in [3.8, 4) is 0 Å². The highest BCUT2D eigenvalue weighted by atomic mass is 79.9. The van der Waals surface area contributed by atoms with Crippen molar-refractivity contribution in [2.45, 2.75) is 32.6 Å². The van der Waals surface area contributed by atoms with Crippen LogP contribution in [0.1, 0.15) is 32.6 Å². The van der Waals surface area contributed by atoms with E-state index in [4.69, 9.17) is 4.74 Å². The molecule has 1 rings (SSSR count). The van der Waals surface area contributed by atoms with Gasteiger partial charge in [0.1, 0.15) is 0 Å². The molecule has 0 N–H and O–H groups in total. The zero-order valence-electron chi connectivity index (χ0n) is 10.8. The molecule has 16 heavy (non-hydrogen) atoms. The average molecular weight is 292 g/mol. The summed E-state index contributed by atoms with van der Waals surface area (Å²) in [4.78, 5) is 2.62. The SMILES string of the molecule is COCC1CCN(CCC(C)CCBr)CC1. The van der Waals surface area contributed by atoms with Crippen LogP contribution in [-0.4, -0.2) is 43.6 Å². The van der Waals surface area contributed by atoms with Gasteiger partial charge < -0.3 is 9.64 Å². The number of piperidine rings is 1. The monoisotopic (exact) mass is 291 g/mol. The first-order valence-electron chi connectivity index (χ1n) is 6.53. The number of halogens is 1. The first-order chi connectivity index (χ1) is 7.76. The van der Waals surface area contributed by atoms with Crippen LogP contribution in [0.4, 0.5) is 0 Å². The Morgan fingerprint density at radius 3 is 2.56 bits per heavy atom. The van der Waals surface area contributed by atoms with E-state index in [1.807, 2.05) is 7.11 Å². The molecule has 0 aromatic heterocycles. The van der Waals surface area contributed by atoms with Gasteiger partial charge in [-0.25, -0.2) is 0 Å². The predicted octanol–water partition coefficient (Wildman–Crippen LogP) is 3.16. The topological polar surface area (TPSA) is 12.5 Å². The Labute approximate surface area is 109 Å². The Hall–Kier alpha value is 0.400. The second-order valence-corrected chi connectivity index (χ2v) is 5.90. The summed E-state index contributed by atoms with van der Waals surface area (Å²) in [6.07, 6.45) is 5.29. The van der Waals surface area contributed by atoms with Gasteiger partial charge in [0.15, 0.2) is 0 Å². The van der Waals surface area contributed by atoms with Crippen LogP contribution in [0.2, 0.25) is 0 Å². The number of rotatable bonds is 7. The molecule has 0 aromatic carbocycles. The molecule has 1 fully saturated rings. The summed E-state index contributed by atoms with van der Waals surface area (Å²) < 4.78 is 5.22. The van der Waals surface area contributed by atoms with E-state index in [0.29, 0.717) is 0 Å². The molecule has 1 heterocycles. The van der Waals surface area contributed by atoms with E-state index in [2.05, 4.69) is 27.8 Å². The lowest BCUT2D eigenvalue weighted by Crippen LogP contribution is -2.36. The summed E-state index contributed by atoms with van der Waals surface area (Å²) in [5, 5.41) is 1.14. The maximum absolute atomic E-state index is 5.22. The highest BCUT2D eigenvalue weighted by Crippen LogP contribution is 2.18. The summed E-state index contributed by atoms with van der Waals surface area (Å²) in [5.74, 6) is 1.66. The summed E-state index contributed by atoms with van der Waals surface area (Å²) in [6, 6.07) is 0. The van der Waals surface area contributed by atoms with Gasteiger partial charge >= 0.3 is 0 Å². The van der Waals surface area contributed by atoms with Crippen molar-refractivity contribution < 1.29 is 4.74 Å². The van der Waals surface area contributed by atoms with E-state index in [9.17, 15) is 0 Å². The number of likely N-dealkylation sites (tertiary alicyclic amines) is 1. The lowest BCUT2D eigenvalue weighted by molar-refractivity contribution is 0.0973. The van der Waals surface area contributed by atoms with Gasteiger partial charge in [-0.1, -0.05) is 22.9 Å². The molecule has 0 aliphatic carbocycles. The minimum atomic E-state index is 0.807. The second-order valence-electron chi connectivity index (χ2n) is 5.11. The van der Waals surface area contributed by atoms with Crippen molar-refractivity contribution in [3.05, 3.63) is 0 Å². The number of methoxy groups -OCH3 is 1. The standard InChI is InChI=1S/C13H26BrNO/c1-12(3-7-14)4-8-15-9-5-13(6-10-15)11-16-2/h12-13H,3-11H2,1-2H3. The molecule has 0 bridgehead atoms. The molecule has 1 aliphatic rings. The summed E-state index contributed by atoms with van der Waals surface area (Å²) >= 11 is 3.51. The zero-order valence-corrected chi connectivity index (χ0v) is 12.3.